The maximum atomic E-state index is 11.7. The van der Waals surface area contributed by atoms with Crippen molar-refractivity contribution in [1.29, 1.82) is 0 Å². The van der Waals surface area contributed by atoms with Crippen molar-refractivity contribution in [3.8, 4) is 0 Å². The number of nitrogens with zero attached hydrogens (tertiary/aromatic N) is 1. The molecule has 0 aromatic heterocycles. The van der Waals surface area contributed by atoms with Gasteiger partial charge in [0.15, 0.2) is 0 Å². The van der Waals surface area contributed by atoms with E-state index in [1.165, 1.54) is 5.56 Å². The molecular weight excluding hydrogens is 256 g/mol. The van der Waals surface area contributed by atoms with Crippen LogP contribution in [0.2, 0.25) is 0 Å². The fraction of sp³-hybridized carbons (Fsp3) is 0.364. The molecule has 1 heterocycles. The van der Waals surface area contributed by atoms with E-state index >= 15 is 0 Å². The van der Waals surface area contributed by atoms with Crippen molar-refractivity contribution in [2.24, 2.45) is 5.73 Å². The second-order valence-corrected chi connectivity index (χ2v) is 4.69. The summed E-state index contributed by atoms with van der Waals surface area (Å²) in [4.78, 5) is 13.5. The number of halogens is 1. The molecule has 1 aliphatic heterocycles. The van der Waals surface area contributed by atoms with Gasteiger partial charge in [0.2, 0.25) is 5.91 Å². The summed E-state index contributed by atoms with van der Waals surface area (Å²) in [5.74, 6) is 0.0135. The third-order valence-electron chi connectivity index (χ3n) is 2.64. The quantitative estimate of drug-likeness (QED) is 0.845. The molecule has 1 amide bonds. The Kier molecular flexibility index (Phi) is 2.80. The average Bonchev–Trinajstić information content (AvgIpc) is 2.49. The summed E-state index contributed by atoms with van der Waals surface area (Å²) in [5, 5.41) is 0. The van der Waals surface area contributed by atoms with Crippen molar-refractivity contribution in [3.05, 3.63) is 28.2 Å². The standard InChI is InChI=1S/C11H13BrN2O/c1-7-2-3-10(8(12)6-7)14-5-4-9(13)11(14)15/h2-3,6,9H,4-5,13H2,1H3. The minimum atomic E-state index is -0.335. The number of benzene rings is 1. The van der Waals surface area contributed by atoms with Gasteiger partial charge in [-0.1, -0.05) is 6.07 Å². The molecule has 1 fully saturated rings. The number of anilines is 1. The van der Waals surface area contributed by atoms with Crippen LogP contribution >= 0.6 is 15.9 Å². The monoisotopic (exact) mass is 268 g/mol. The van der Waals surface area contributed by atoms with Gasteiger partial charge >= 0.3 is 0 Å². The SMILES string of the molecule is Cc1ccc(N2CCC(N)C2=O)c(Br)c1. The highest BCUT2D eigenvalue weighted by atomic mass is 79.9. The van der Waals surface area contributed by atoms with E-state index in [9.17, 15) is 4.79 Å². The molecule has 0 bridgehead atoms. The summed E-state index contributed by atoms with van der Waals surface area (Å²) in [6, 6.07) is 5.62. The molecule has 2 rings (SSSR count). The van der Waals surface area contributed by atoms with Crippen molar-refractivity contribution in [2.45, 2.75) is 19.4 Å². The first-order chi connectivity index (χ1) is 7.09. The molecule has 80 valence electrons. The number of aryl methyl sites for hydroxylation is 1. The largest absolute Gasteiger partial charge is 0.320 e. The molecule has 3 nitrogen and oxygen atoms in total. The Morgan fingerprint density at radius 2 is 2.27 bits per heavy atom. The Morgan fingerprint density at radius 3 is 2.80 bits per heavy atom. The van der Waals surface area contributed by atoms with Gasteiger partial charge in [-0.25, -0.2) is 0 Å². The lowest BCUT2D eigenvalue weighted by Crippen LogP contribution is -2.34. The van der Waals surface area contributed by atoms with E-state index in [0.29, 0.717) is 6.54 Å². The molecule has 1 atom stereocenters. The average molecular weight is 269 g/mol. The van der Waals surface area contributed by atoms with Crippen LogP contribution in [0.5, 0.6) is 0 Å². The highest BCUT2D eigenvalue weighted by Crippen LogP contribution is 2.30. The normalized spacial score (nSPS) is 21.1. The number of rotatable bonds is 1. The van der Waals surface area contributed by atoms with Crippen molar-refractivity contribution in [3.63, 3.8) is 0 Å². The van der Waals surface area contributed by atoms with Crippen molar-refractivity contribution >= 4 is 27.5 Å². The highest BCUT2D eigenvalue weighted by molar-refractivity contribution is 9.10. The third kappa shape index (κ3) is 1.92. The summed E-state index contributed by atoms with van der Waals surface area (Å²) in [6.07, 6.45) is 0.735. The van der Waals surface area contributed by atoms with Crippen LogP contribution in [0.25, 0.3) is 0 Å². The number of carbonyl (C=O) groups excluding carboxylic acids is 1. The Bertz CT molecular complexity index is 406. The molecule has 4 heteroatoms. The van der Waals surface area contributed by atoms with Crippen LogP contribution in [-0.2, 0) is 4.79 Å². The Balaban J connectivity index is 2.34. The zero-order valence-corrected chi connectivity index (χ0v) is 10.1. The minimum Gasteiger partial charge on any atom is -0.320 e. The van der Waals surface area contributed by atoms with Gasteiger partial charge in [0.05, 0.1) is 11.7 Å². The summed E-state index contributed by atoms with van der Waals surface area (Å²) >= 11 is 3.47. The van der Waals surface area contributed by atoms with E-state index in [1.54, 1.807) is 4.90 Å². The van der Waals surface area contributed by atoms with Gasteiger partial charge in [0, 0.05) is 11.0 Å². The van der Waals surface area contributed by atoms with Gasteiger partial charge < -0.3 is 10.6 Å². The second kappa shape index (κ2) is 3.94. The molecule has 0 aliphatic carbocycles. The predicted octanol–water partition coefficient (Wildman–Crippen LogP) is 1.82. The van der Waals surface area contributed by atoms with Crippen molar-refractivity contribution < 1.29 is 4.79 Å². The van der Waals surface area contributed by atoms with E-state index in [1.807, 2.05) is 25.1 Å². The summed E-state index contributed by atoms with van der Waals surface area (Å²) < 4.78 is 0.949. The molecule has 1 unspecified atom stereocenters. The molecular formula is C11H13BrN2O. The van der Waals surface area contributed by atoms with Gasteiger partial charge in [-0.3, -0.25) is 4.79 Å². The van der Waals surface area contributed by atoms with Gasteiger partial charge in [-0.2, -0.15) is 0 Å². The lowest BCUT2D eigenvalue weighted by Gasteiger charge is -2.18. The van der Waals surface area contributed by atoms with E-state index in [0.717, 1.165) is 16.6 Å². The topological polar surface area (TPSA) is 46.3 Å². The molecule has 1 saturated heterocycles. The maximum Gasteiger partial charge on any atom is 0.243 e. The van der Waals surface area contributed by atoms with E-state index in [2.05, 4.69) is 15.9 Å². The third-order valence-corrected chi connectivity index (χ3v) is 3.28. The highest BCUT2D eigenvalue weighted by Gasteiger charge is 2.30. The number of nitrogens with two attached hydrogens (primary N) is 1. The first-order valence-corrected chi connectivity index (χ1v) is 5.72. The van der Waals surface area contributed by atoms with Crippen molar-refractivity contribution in [1.82, 2.24) is 0 Å². The lowest BCUT2D eigenvalue weighted by molar-refractivity contribution is -0.118. The van der Waals surface area contributed by atoms with Crippen LogP contribution in [0.1, 0.15) is 12.0 Å². The smallest absolute Gasteiger partial charge is 0.243 e. The van der Waals surface area contributed by atoms with Gasteiger partial charge in [-0.05, 0) is 47.0 Å². The Labute approximate surface area is 97.4 Å². The summed E-state index contributed by atoms with van der Waals surface area (Å²) in [7, 11) is 0. The van der Waals surface area contributed by atoms with Crippen LogP contribution in [-0.4, -0.2) is 18.5 Å². The van der Waals surface area contributed by atoms with Crippen LogP contribution in [0.4, 0.5) is 5.69 Å². The van der Waals surface area contributed by atoms with E-state index in [-0.39, 0.29) is 11.9 Å². The van der Waals surface area contributed by atoms with E-state index in [4.69, 9.17) is 5.73 Å². The fourth-order valence-corrected chi connectivity index (χ4v) is 2.48. The zero-order valence-electron chi connectivity index (χ0n) is 8.53. The molecule has 2 N–H and O–H groups in total. The van der Waals surface area contributed by atoms with Crippen LogP contribution < -0.4 is 10.6 Å². The molecule has 1 aromatic carbocycles. The van der Waals surface area contributed by atoms with Crippen LogP contribution in [0.3, 0.4) is 0 Å². The zero-order chi connectivity index (χ0) is 11.0. The van der Waals surface area contributed by atoms with Crippen LogP contribution in [0, 0.1) is 6.92 Å². The molecule has 0 spiro atoms. The first-order valence-electron chi connectivity index (χ1n) is 4.92. The lowest BCUT2D eigenvalue weighted by atomic mass is 10.2. The number of hydrogen-bond donors (Lipinski definition) is 1. The minimum absolute atomic E-state index is 0.0135. The molecule has 1 aromatic rings. The molecule has 0 saturated carbocycles. The van der Waals surface area contributed by atoms with Gasteiger partial charge in [0.25, 0.3) is 0 Å². The first kappa shape index (κ1) is 10.6. The number of hydrogen-bond acceptors (Lipinski definition) is 2. The van der Waals surface area contributed by atoms with Crippen LogP contribution in [0.15, 0.2) is 22.7 Å². The number of amides is 1. The Morgan fingerprint density at radius 1 is 1.53 bits per heavy atom. The summed E-state index contributed by atoms with van der Waals surface area (Å²) in [6.45, 7) is 2.73. The predicted molar refractivity (Wildman–Crippen MR) is 63.8 cm³/mol. The Hall–Kier alpha value is -0.870. The maximum absolute atomic E-state index is 11.7. The molecule has 1 aliphatic rings. The fourth-order valence-electron chi connectivity index (χ4n) is 1.77. The van der Waals surface area contributed by atoms with Crippen molar-refractivity contribution in [2.75, 3.05) is 11.4 Å². The number of carbonyl (C=O) groups is 1. The summed E-state index contributed by atoms with van der Waals surface area (Å²) in [5.41, 5.74) is 7.76. The van der Waals surface area contributed by atoms with E-state index < -0.39 is 0 Å². The van der Waals surface area contributed by atoms with Gasteiger partial charge in [0.1, 0.15) is 0 Å². The van der Waals surface area contributed by atoms with Gasteiger partial charge in [-0.15, -0.1) is 0 Å². The molecule has 0 radical (unpaired) electrons. The molecule has 15 heavy (non-hydrogen) atoms. The second-order valence-electron chi connectivity index (χ2n) is 3.84.